The Labute approximate surface area is 139 Å². The van der Waals surface area contributed by atoms with Crippen LogP contribution in [0.3, 0.4) is 0 Å². The molecule has 8 heteroatoms. The van der Waals surface area contributed by atoms with Crippen LogP contribution >= 0.6 is 0 Å². The Balaban J connectivity index is 2.23. The van der Waals surface area contributed by atoms with Crippen molar-refractivity contribution in [3.05, 3.63) is 59.4 Å². The second-order valence-corrected chi connectivity index (χ2v) is 6.52. The largest absolute Gasteiger partial charge is 0.496 e. The third-order valence-electron chi connectivity index (χ3n) is 3.26. The normalized spacial score (nSPS) is 11.1. The van der Waals surface area contributed by atoms with Crippen LogP contribution in [0, 0.1) is 5.82 Å². The molecule has 0 bridgehead atoms. The number of sulfonamides is 1. The molecule has 1 N–H and O–H groups in total. The minimum absolute atomic E-state index is 0.120. The van der Waals surface area contributed by atoms with Gasteiger partial charge in [0.2, 0.25) is 10.0 Å². The van der Waals surface area contributed by atoms with E-state index in [1.54, 1.807) is 6.07 Å². The van der Waals surface area contributed by atoms with E-state index in [9.17, 15) is 17.6 Å². The van der Waals surface area contributed by atoms with Gasteiger partial charge in [-0.05, 0) is 29.8 Å². The van der Waals surface area contributed by atoms with E-state index in [0.717, 1.165) is 6.07 Å². The highest BCUT2D eigenvalue weighted by Gasteiger charge is 2.19. The van der Waals surface area contributed by atoms with E-state index in [2.05, 4.69) is 9.46 Å². The zero-order valence-corrected chi connectivity index (χ0v) is 13.9. The minimum atomic E-state index is -4.02. The quantitative estimate of drug-likeness (QED) is 0.805. The molecule has 0 fully saturated rings. The number of rotatable bonds is 6. The Morgan fingerprint density at radius 3 is 2.50 bits per heavy atom. The summed E-state index contributed by atoms with van der Waals surface area (Å²) in [6, 6.07) is 9.65. The summed E-state index contributed by atoms with van der Waals surface area (Å²) >= 11 is 0. The number of methoxy groups -OCH3 is 2. The molecule has 2 rings (SSSR count). The second-order valence-electron chi connectivity index (χ2n) is 4.78. The zero-order valence-electron chi connectivity index (χ0n) is 13.1. The molecule has 0 aliphatic heterocycles. The molecule has 0 saturated carbocycles. The number of carbonyl (C=O) groups is 1. The number of hydrogen-bond acceptors (Lipinski definition) is 5. The summed E-state index contributed by atoms with van der Waals surface area (Å²) < 4.78 is 50.0. The number of carbonyl (C=O) groups excluding carboxylic acids is 1. The first-order valence-electron chi connectivity index (χ1n) is 6.88. The first-order valence-corrected chi connectivity index (χ1v) is 8.37. The van der Waals surface area contributed by atoms with Gasteiger partial charge in [-0.2, -0.15) is 0 Å². The molecule has 2 aromatic carbocycles. The van der Waals surface area contributed by atoms with E-state index in [1.807, 2.05) is 0 Å². The van der Waals surface area contributed by atoms with Crippen LogP contribution in [0.5, 0.6) is 5.75 Å². The number of ether oxygens (including phenoxy) is 2. The van der Waals surface area contributed by atoms with Gasteiger partial charge in [-0.25, -0.2) is 22.3 Å². The summed E-state index contributed by atoms with van der Waals surface area (Å²) in [5.41, 5.74) is 0.665. The van der Waals surface area contributed by atoms with Crippen LogP contribution < -0.4 is 9.46 Å². The molecular weight excluding hydrogens is 337 g/mol. The smallest absolute Gasteiger partial charge is 0.341 e. The van der Waals surface area contributed by atoms with Crippen molar-refractivity contribution in [2.45, 2.75) is 11.4 Å². The fourth-order valence-electron chi connectivity index (χ4n) is 2.05. The van der Waals surface area contributed by atoms with Crippen LogP contribution in [0.25, 0.3) is 0 Å². The molecule has 0 aliphatic carbocycles. The Kier molecular flexibility index (Phi) is 5.53. The minimum Gasteiger partial charge on any atom is -0.496 e. The molecule has 6 nitrogen and oxygen atoms in total. The summed E-state index contributed by atoms with van der Waals surface area (Å²) in [6.45, 7) is -0.120. The number of benzene rings is 2. The maximum absolute atomic E-state index is 13.6. The lowest BCUT2D eigenvalue weighted by Gasteiger charge is -2.11. The molecule has 0 spiro atoms. The van der Waals surface area contributed by atoms with Crippen LogP contribution in [-0.2, 0) is 21.3 Å². The Hall–Kier alpha value is -2.45. The second kappa shape index (κ2) is 7.41. The van der Waals surface area contributed by atoms with Crippen molar-refractivity contribution < 1.29 is 27.1 Å². The van der Waals surface area contributed by atoms with E-state index < -0.39 is 26.7 Å². The maximum atomic E-state index is 13.6. The number of hydrogen-bond donors (Lipinski definition) is 1. The third-order valence-corrected chi connectivity index (χ3v) is 4.70. The molecule has 0 unspecified atom stereocenters. The predicted molar refractivity (Wildman–Crippen MR) is 84.8 cm³/mol. The highest BCUT2D eigenvalue weighted by atomic mass is 32.2. The molecule has 0 radical (unpaired) electrons. The lowest BCUT2D eigenvalue weighted by atomic mass is 10.1. The van der Waals surface area contributed by atoms with Crippen LogP contribution in [0.4, 0.5) is 4.39 Å². The van der Waals surface area contributed by atoms with E-state index in [-0.39, 0.29) is 12.1 Å². The van der Waals surface area contributed by atoms with Gasteiger partial charge in [0.1, 0.15) is 22.0 Å². The SMILES string of the molecule is COC(=O)c1cc(CNS(=O)(=O)c2ccccc2F)ccc1OC. The lowest BCUT2D eigenvalue weighted by Crippen LogP contribution is -2.24. The average molecular weight is 353 g/mol. The van der Waals surface area contributed by atoms with Gasteiger partial charge in [-0.1, -0.05) is 18.2 Å². The summed E-state index contributed by atoms with van der Waals surface area (Å²) in [6.07, 6.45) is 0. The van der Waals surface area contributed by atoms with Gasteiger partial charge in [-0.15, -0.1) is 0 Å². The topological polar surface area (TPSA) is 81.7 Å². The predicted octanol–water partition coefficient (Wildman–Crippen LogP) is 2.10. The van der Waals surface area contributed by atoms with E-state index in [1.165, 1.54) is 44.6 Å². The van der Waals surface area contributed by atoms with Gasteiger partial charge >= 0.3 is 5.97 Å². The summed E-state index contributed by atoms with van der Waals surface area (Å²) in [4.78, 5) is 11.3. The standard InChI is InChI=1S/C16H16FNO5S/c1-22-14-8-7-11(9-12(14)16(19)23-2)10-18-24(20,21)15-6-4-3-5-13(15)17/h3-9,18H,10H2,1-2H3. The summed E-state index contributed by atoms with van der Waals surface area (Å²) in [7, 11) is -1.38. The molecular formula is C16H16FNO5S. The monoisotopic (exact) mass is 353 g/mol. The molecule has 0 aliphatic rings. The molecule has 0 amide bonds. The van der Waals surface area contributed by atoms with Crippen LogP contribution in [0.1, 0.15) is 15.9 Å². The molecule has 0 atom stereocenters. The van der Waals surface area contributed by atoms with Crippen molar-refractivity contribution in [1.29, 1.82) is 0 Å². The van der Waals surface area contributed by atoms with Crippen molar-refractivity contribution in [3.8, 4) is 5.75 Å². The van der Waals surface area contributed by atoms with Gasteiger partial charge in [0, 0.05) is 6.54 Å². The molecule has 24 heavy (non-hydrogen) atoms. The van der Waals surface area contributed by atoms with Gasteiger partial charge < -0.3 is 9.47 Å². The zero-order chi connectivity index (χ0) is 17.7. The fraction of sp³-hybridized carbons (Fsp3) is 0.188. The van der Waals surface area contributed by atoms with Gasteiger partial charge in [0.25, 0.3) is 0 Å². The highest BCUT2D eigenvalue weighted by Crippen LogP contribution is 2.21. The van der Waals surface area contributed by atoms with Crippen molar-refractivity contribution in [2.24, 2.45) is 0 Å². The fourth-order valence-corrected chi connectivity index (χ4v) is 3.15. The van der Waals surface area contributed by atoms with Crippen molar-refractivity contribution >= 4 is 16.0 Å². The molecule has 128 valence electrons. The van der Waals surface area contributed by atoms with Gasteiger partial charge in [-0.3, -0.25) is 0 Å². The van der Waals surface area contributed by atoms with Crippen LogP contribution in [0.15, 0.2) is 47.4 Å². The van der Waals surface area contributed by atoms with Crippen molar-refractivity contribution in [1.82, 2.24) is 4.72 Å². The van der Waals surface area contributed by atoms with E-state index >= 15 is 0 Å². The van der Waals surface area contributed by atoms with Crippen LogP contribution in [0.2, 0.25) is 0 Å². The first kappa shape index (κ1) is 17.9. The van der Waals surface area contributed by atoms with Crippen molar-refractivity contribution in [2.75, 3.05) is 14.2 Å². The molecule has 0 aromatic heterocycles. The van der Waals surface area contributed by atoms with Gasteiger partial charge in [0.05, 0.1) is 14.2 Å². The summed E-state index contributed by atoms with van der Waals surface area (Å²) in [5.74, 6) is -1.14. The summed E-state index contributed by atoms with van der Waals surface area (Å²) in [5, 5.41) is 0. The Bertz CT molecular complexity index is 851. The van der Waals surface area contributed by atoms with E-state index in [4.69, 9.17) is 4.74 Å². The Morgan fingerprint density at radius 1 is 1.17 bits per heavy atom. The molecule has 0 heterocycles. The Morgan fingerprint density at radius 2 is 1.88 bits per heavy atom. The molecule has 2 aromatic rings. The van der Waals surface area contributed by atoms with E-state index in [0.29, 0.717) is 11.3 Å². The number of halogens is 1. The first-order chi connectivity index (χ1) is 11.4. The maximum Gasteiger partial charge on any atom is 0.341 e. The average Bonchev–Trinajstić information content (AvgIpc) is 2.59. The van der Waals surface area contributed by atoms with Crippen molar-refractivity contribution in [3.63, 3.8) is 0 Å². The third kappa shape index (κ3) is 3.90. The number of esters is 1. The lowest BCUT2D eigenvalue weighted by molar-refractivity contribution is 0.0597. The van der Waals surface area contributed by atoms with Crippen LogP contribution in [-0.4, -0.2) is 28.6 Å². The molecule has 0 saturated heterocycles. The number of nitrogens with one attached hydrogen (secondary N) is 1. The van der Waals surface area contributed by atoms with Gasteiger partial charge in [0.15, 0.2) is 0 Å². The highest BCUT2D eigenvalue weighted by molar-refractivity contribution is 7.89.